The van der Waals surface area contributed by atoms with Crippen LogP contribution < -0.4 is 14.8 Å². The highest BCUT2D eigenvalue weighted by atomic mass is 16.5. The van der Waals surface area contributed by atoms with Gasteiger partial charge in [-0.1, -0.05) is 36.4 Å². The highest BCUT2D eigenvalue weighted by Gasteiger charge is 2.43. The molecule has 1 amide bonds. The fourth-order valence-corrected chi connectivity index (χ4v) is 4.46. The number of hydrogen-bond acceptors (Lipinski definition) is 4. The number of carbonyl (C=O) groups excluding carboxylic acids is 1. The summed E-state index contributed by atoms with van der Waals surface area (Å²) >= 11 is 0. The van der Waals surface area contributed by atoms with Crippen LogP contribution in [-0.4, -0.2) is 25.1 Å². The number of pyridine rings is 1. The van der Waals surface area contributed by atoms with Gasteiger partial charge < -0.3 is 14.8 Å². The fraction of sp³-hybridized carbons (Fsp3) is 0.214. The maximum Gasteiger partial charge on any atom is 0.224 e. The second-order valence-electron chi connectivity index (χ2n) is 8.37. The van der Waals surface area contributed by atoms with E-state index in [-0.39, 0.29) is 17.7 Å². The molecule has 1 fully saturated rings. The van der Waals surface area contributed by atoms with E-state index in [1.54, 1.807) is 20.4 Å². The summed E-state index contributed by atoms with van der Waals surface area (Å²) in [6.07, 6.45) is 4.56. The van der Waals surface area contributed by atoms with Crippen molar-refractivity contribution in [3.8, 4) is 22.6 Å². The Labute approximate surface area is 193 Å². The van der Waals surface area contributed by atoms with Crippen molar-refractivity contribution in [2.45, 2.75) is 18.9 Å². The van der Waals surface area contributed by atoms with Crippen molar-refractivity contribution in [2.24, 2.45) is 5.92 Å². The van der Waals surface area contributed by atoms with Crippen LogP contribution in [0.5, 0.6) is 11.5 Å². The van der Waals surface area contributed by atoms with Gasteiger partial charge in [-0.25, -0.2) is 0 Å². The van der Waals surface area contributed by atoms with Gasteiger partial charge in [-0.3, -0.25) is 9.78 Å². The van der Waals surface area contributed by atoms with Crippen molar-refractivity contribution < 1.29 is 14.3 Å². The number of fused-ring (bicyclic) bond motifs is 1. The topological polar surface area (TPSA) is 60.5 Å². The Balaban J connectivity index is 1.32. The van der Waals surface area contributed by atoms with Gasteiger partial charge in [-0.05, 0) is 70.3 Å². The van der Waals surface area contributed by atoms with Crippen LogP contribution in [0.3, 0.4) is 0 Å². The van der Waals surface area contributed by atoms with Crippen LogP contribution in [0.2, 0.25) is 0 Å². The lowest BCUT2D eigenvalue weighted by atomic mass is 9.96. The monoisotopic (exact) mass is 438 g/mol. The molecule has 0 aliphatic heterocycles. The Morgan fingerprint density at radius 3 is 2.58 bits per heavy atom. The zero-order valence-electron chi connectivity index (χ0n) is 18.7. The van der Waals surface area contributed by atoms with Gasteiger partial charge in [0.1, 0.15) is 11.5 Å². The van der Waals surface area contributed by atoms with E-state index in [0.717, 1.165) is 45.4 Å². The van der Waals surface area contributed by atoms with Crippen molar-refractivity contribution in [3.05, 3.63) is 90.3 Å². The molecule has 1 aliphatic carbocycles. The Bertz CT molecular complexity index is 1300. The summed E-state index contributed by atoms with van der Waals surface area (Å²) in [5.74, 6) is 2.06. The molecule has 1 aromatic heterocycles. The molecule has 0 bridgehead atoms. The van der Waals surface area contributed by atoms with Crippen molar-refractivity contribution in [1.29, 1.82) is 0 Å². The molecule has 4 aromatic rings. The van der Waals surface area contributed by atoms with Gasteiger partial charge >= 0.3 is 0 Å². The summed E-state index contributed by atoms with van der Waals surface area (Å²) in [7, 11) is 3.33. The zero-order chi connectivity index (χ0) is 22.8. The first kappa shape index (κ1) is 21.0. The average molecular weight is 439 g/mol. The fourth-order valence-electron chi connectivity index (χ4n) is 4.46. The molecule has 5 nitrogen and oxygen atoms in total. The lowest BCUT2D eigenvalue weighted by Crippen LogP contribution is -2.25. The smallest absolute Gasteiger partial charge is 0.224 e. The molecule has 0 unspecified atom stereocenters. The van der Waals surface area contributed by atoms with E-state index in [1.807, 2.05) is 54.7 Å². The first-order chi connectivity index (χ1) is 16.2. The molecular weight excluding hydrogens is 412 g/mol. The van der Waals surface area contributed by atoms with Crippen LogP contribution in [0, 0.1) is 5.92 Å². The van der Waals surface area contributed by atoms with E-state index in [9.17, 15) is 4.79 Å². The van der Waals surface area contributed by atoms with Crippen LogP contribution in [0.1, 0.15) is 23.5 Å². The van der Waals surface area contributed by atoms with Gasteiger partial charge in [0.2, 0.25) is 5.91 Å². The first-order valence-electron chi connectivity index (χ1n) is 11.1. The molecule has 33 heavy (non-hydrogen) atoms. The summed E-state index contributed by atoms with van der Waals surface area (Å²) in [4.78, 5) is 17.1. The first-order valence-corrected chi connectivity index (χ1v) is 11.1. The SMILES string of the molecule is COc1ccc([C@H]2C[C@H]2C(=O)NCc2ccc(-c3cccc(OC)c3)c3ccncc23)cc1. The van der Waals surface area contributed by atoms with E-state index in [2.05, 4.69) is 28.5 Å². The minimum atomic E-state index is 0.0267. The van der Waals surface area contributed by atoms with Gasteiger partial charge in [-0.2, -0.15) is 0 Å². The van der Waals surface area contributed by atoms with Crippen LogP contribution >= 0.6 is 0 Å². The summed E-state index contributed by atoms with van der Waals surface area (Å²) in [5.41, 5.74) is 4.44. The van der Waals surface area contributed by atoms with E-state index in [1.165, 1.54) is 5.56 Å². The minimum Gasteiger partial charge on any atom is -0.497 e. The lowest BCUT2D eigenvalue weighted by Gasteiger charge is -2.13. The van der Waals surface area contributed by atoms with Crippen LogP contribution in [0.4, 0.5) is 0 Å². The van der Waals surface area contributed by atoms with Crippen molar-refractivity contribution in [3.63, 3.8) is 0 Å². The molecule has 1 aliphatic rings. The molecule has 1 N–H and O–H groups in total. The maximum absolute atomic E-state index is 12.8. The van der Waals surface area contributed by atoms with Gasteiger partial charge in [0.25, 0.3) is 0 Å². The number of aromatic nitrogens is 1. The lowest BCUT2D eigenvalue weighted by molar-refractivity contribution is -0.122. The largest absolute Gasteiger partial charge is 0.497 e. The second-order valence-corrected chi connectivity index (χ2v) is 8.37. The zero-order valence-corrected chi connectivity index (χ0v) is 18.7. The Morgan fingerprint density at radius 1 is 0.970 bits per heavy atom. The van der Waals surface area contributed by atoms with E-state index < -0.39 is 0 Å². The third-order valence-corrected chi connectivity index (χ3v) is 6.41. The van der Waals surface area contributed by atoms with E-state index in [0.29, 0.717) is 6.54 Å². The summed E-state index contributed by atoms with van der Waals surface area (Å²) in [6.45, 7) is 0.477. The van der Waals surface area contributed by atoms with Crippen LogP contribution in [0.25, 0.3) is 21.9 Å². The minimum absolute atomic E-state index is 0.0267. The third kappa shape index (κ3) is 4.27. The van der Waals surface area contributed by atoms with E-state index >= 15 is 0 Å². The summed E-state index contributed by atoms with van der Waals surface area (Å²) in [6, 6.07) is 22.2. The number of methoxy groups -OCH3 is 2. The number of hydrogen-bond donors (Lipinski definition) is 1. The highest BCUT2D eigenvalue weighted by molar-refractivity contribution is 5.98. The molecule has 1 saturated carbocycles. The van der Waals surface area contributed by atoms with Crippen molar-refractivity contribution in [2.75, 3.05) is 14.2 Å². The average Bonchev–Trinajstić information content (AvgIpc) is 3.68. The van der Waals surface area contributed by atoms with Crippen LogP contribution in [0.15, 0.2) is 79.1 Å². The molecule has 0 radical (unpaired) electrons. The standard InChI is InChI=1S/C28H26N2O3/c1-32-21-9-6-18(7-10-21)25-15-26(25)28(31)30-16-20-8-11-23(24-12-13-29-17-27(20)24)19-4-3-5-22(14-19)33-2/h3-14,17,25-26H,15-16H2,1-2H3,(H,30,31)/t25-,26-/m1/s1. The molecule has 166 valence electrons. The predicted molar refractivity (Wildman–Crippen MR) is 129 cm³/mol. The summed E-state index contributed by atoms with van der Waals surface area (Å²) < 4.78 is 10.6. The highest BCUT2D eigenvalue weighted by Crippen LogP contribution is 2.47. The molecular formula is C28H26N2O3. The third-order valence-electron chi connectivity index (χ3n) is 6.41. The maximum atomic E-state index is 12.8. The Kier molecular flexibility index (Phi) is 5.69. The number of ether oxygens (including phenoxy) is 2. The van der Waals surface area contributed by atoms with Crippen LogP contribution in [-0.2, 0) is 11.3 Å². The second kappa shape index (κ2) is 8.94. The Morgan fingerprint density at radius 2 is 1.79 bits per heavy atom. The molecule has 0 spiro atoms. The molecule has 1 heterocycles. The normalized spacial score (nSPS) is 16.9. The van der Waals surface area contributed by atoms with Gasteiger partial charge in [0.15, 0.2) is 0 Å². The van der Waals surface area contributed by atoms with Crippen molar-refractivity contribution in [1.82, 2.24) is 10.3 Å². The number of nitrogens with one attached hydrogen (secondary N) is 1. The predicted octanol–water partition coefficient (Wildman–Crippen LogP) is 5.34. The molecule has 5 rings (SSSR count). The Hall–Kier alpha value is -3.86. The van der Waals surface area contributed by atoms with E-state index in [4.69, 9.17) is 9.47 Å². The summed E-state index contributed by atoms with van der Waals surface area (Å²) in [5, 5.41) is 5.29. The number of carbonyl (C=O) groups is 1. The quantitative estimate of drug-likeness (QED) is 0.423. The number of rotatable bonds is 7. The van der Waals surface area contributed by atoms with Gasteiger partial charge in [0, 0.05) is 30.2 Å². The van der Waals surface area contributed by atoms with Gasteiger partial charge in [0.05, 0.1) is 14.2 Å². The molecule has 3 aromatic carbocycles. The number of nitrogens with zero attached hydrogens (tertiary/aromatic N) is 1. The number of benzene rings is 3. The number of amides is 1. The molecule has 0 saturated heterocycles. The molecule has 5 heteroatoms. The van der Waals surface area contributed by atoms with Gasteiger partial charge in [-0.15, -0.1) is 0 Å². The van der Waals surface area contributed by atoms with Crippen molar-refractivity contribution >= 4 is 16.7 Å². The molecule has 2 atom stereocenters.